The molecule has 0 atom stereocenters. The lowest BCUT2D eigenvalue weighted by molar-refractivity contribution is 0.0378. The number of ether oxygens (including phenoxy) is 3. The minimum atomic E-state index is -0.339. The smallest absolute Gasteiger partial charge is 0.338 e. The molecule has 1 heterocycles. The molecule has 0 N–H and O–H groups in total. The molecule has 4 aromatic rings. The number of esters is 1. The highest BCUT2D eigenvalue weighted by Gasteiger charge is 2.11. The molecule has 0 amide bonds. The molecule has 34 heavy (non-hydrogen) atoms. The SMILES string of the molecule is COc1ccc(/C=C\c2nc3ccccc3nc2OCc2ccc(C(=O)OC(C)C)cc2)cc1. The maximum atomic E-state index is 12.1. The van der Waals surface area contributed by atoms with Gasteiger partial charge in [0.1, 0.15) is 18.1 Å². The van der Waals surface area contributed by atoms with E-state index in [4.69, 9.17) is 19.2 Å². The third kappa shape index (κ3) is 5.78. The molecular formula is C28H26N2O4. The summed E-state index contributed by atoms with van der Waals surface area (Å²) in [5, 5.41) is 0. The molecule has 3 aromatic carbocycles. The number of benzene rings is 3. The number of nitrogens with zero attached hydrogens (tertiary/aromatic N) is 2. The van der Waals surface area contributed by atoms with Gasteiger partial charge in [-0.3, -0.25) is 0 Å². The molecule has 6 nitrogen and oxygen atoms in total. The summed E-state index contributed by atoms with van der Waals surface area (Å²) < 4.78 is 16.5. The summed E-state index contributed by atoms with van der Waals surface area (Å²) in [7, 11) is 1.64. The van der Waals surface area contributed by atoms with Crippen molar-refractivity contribution >= 4 is 29.2 Å². The highest BCUT2D eigenvalue weighted by molar-refractivity contribution is 5.89. The second-order valence-corrected chi connectivity index (χ2v) is 7.95. The Balaban J connectivity index is 1.55. The standard InChI is InChI=1S/C28H26N2O4/c1-19(2)34-28(31)22-13-8-21(9-14-22)18-33-27-26(29-24-6-4-5-7-25(24)30-27)17-12-20-10-15-23(32-3)16-11-20/h4-17,19H,18H2,1-3H3/b17-12-. The summed E-state index contributed by atoms with van der Waals surface area (Å²) in [5.41, 5.74) is 4.59. The van der Waals surface area contributed by atoms with E-state index >= 15 is 0 Å². The van der Waals surface area contributed by atoms with Crippen molar-refractivity contribution in [1.29, 1.82) is 0 Å². The second-order valence-electron chi connectivity index (χ2n) is 7.95. The largest absolute Gasteiger partial charge is 0.497 e. The van der Waals surface area contributed by atoms with Crippen molar-refractivity contribution in [3.63, 3.8) is 0 Å². The van der Waals surface area contributed by atoms with Gasteiger partial charge in [0.15, 0.2) is 0 Å². The van der Waals surface area contributed by atoms with E-state index in [2.05, 4.69) is 4.98 Å². The van der Waals surface area contributed by atoms with E-state index in [9.17, 15) is 4.79 Å². The van der Waals surface area contributed by atoms with Gasteiger partial charge < -0.3 is 14.2 Å². The fourth-order valence-electron chi connectivity index (χ4n) is 3.27. The normalized spacial score (nSPS) is 11.2. The van der Waals surface area contributed by atoms with E-state index in [0.29, 0.717) is 17.1 Å². The van der Waals surface area contributed by atoms with Crippen LogP contribution in [0.2, 0.25) is 0 Å². The minimum absolute atomic E-state index is 0.161. The Morgan fingerprint density at radius 1 is 0.882 bits per heavy atom. The fourth-order valence-corrected chi connectivity index (χ4v) is 3.27. The first-order valence-corrected chi connectivity index (χ1v) is 11.0. The Morgan fingerprint density at radius 2 is 1.56 bits per heavy atom. The van der Waals surface area contributed by atoms with Crippen LogP contribution < -0.4 is 9.47 Å². The van der Waals surface area contributed by atoms with Crippen LogP contribution in [0, 0.1) is 0 Å². The van der Waals surface area contributed by atoms with Crippen LogP contribution in [0.5, 0.6) is 11.6 Å². The third-order valence-corrected chi connectivity index (χ3v) is 5.02. The Kier molecular flexibility index (Phi) is 7.18. The summed E-state index contributed by atoms with van der Waals surface area (Å²) in [5.74, 6) is 0.899. The van der Waals surface area contributed by atoms with E-state index in [0.717, 1.165) is 27.9 Å². The van der Waals surface area contributed by atoms with Gasteiger partial charge in [0.05, 0.1) is 29.8 Å². The first kappa shape index (κ1) is 23.0. The number of aromatic nitrogens is 2. The number of fused-ring (bicyclic) bond motifs is 1. The average Bonchev–Trinajstić information content (AvgIpc) is 2.86. The van der Waals surface area contributed by atoms with Gasteiger partial charge in [-0.05, 0) is 67.4 Å². The molecule has 4 rings (SSSR count). The molecule has 0 saturated carbocycles. The molecule has 6 heteroatoms. The first-order valence-electron chi connectivity index (χ1n) is 11.0. The number of carbonyl (C=O) groups excluding carboxylic acids is 1. The van der Waals surface area contributed by atoms with Crippen molar-refractivity contribution in [2.45, 2.75) is 26.6 Å². The molecule has 0 radical (unpaired) electrons. The lowest BCUT2D eigenvalue weighted by atomic mass is 10.1. The quantitative estimate of drug-likeness (QED) is 0.306. The maximum Gasteiger partial charge on any atom is 0.338 e. The van der Waals surface area contributed by atoms with E-state index < -0.39 is 0 Å². The molecule has 0 saturated heterocycles. The Morgan fingerprint density at radius 3 is 2.21 bits per heavy atom. The van der Waals surface area contributed by atoms with E-state index in [-0.39, 0.29) is 18.7 Å². The van der Waals surface area contributed by atoms with Crippen LogP contribution in [-0.4, -0.2) is 29.2 Å². The second kappa shape index (κ2) is 10.6. The summed E-state index contributed by atoms with van der Waals surface area (Å²) in [6.07, 6.45) is 3.69. The minimum Gasteiger partial charge on any atom is -0.497 e. The van der Waals surface area contributed by atoms with Crippen LogP contribution in [-0.2, 0) is 11.3 Å². The predicted molar refractivity (Wildman–Crippen MR) is 133 cm³/mol. The fraction of sp³-hybridized carbons (Fsp3) is 0.179. The lowest BCUT2D eigenvalue weighted by Crippen LogP contribution is -2.11. The van der Waals surface area contributed by atoms with Crippen LogP contribution in [0.3, 0.4) is 0 Å². The molecule has 0 aliphatic carbocycles. The summed E-state index contributed by atoms with van der Waals surface area (Å²) >= 11 is 0. The monoisotopic (exact) mass is 454 g/mol. The van der Waals surface area contributed by atoms with Crippen molar-refractivity contribution in [3.05, 3.63) is 95.2 Å². The van der Waals surface area contributed by atoms with Gasteiger partial charge in [0, 0.05) is 0 Å². The van der Waals surface area contributed by atoms with Crippen LogP contribution in [0.25, 0.3) is 23.2 Å². The van der Waals surface area contributed by atoms with Crippen LogP contribution >= 0.6 is 0 Å². The van der Waals surface area contributed by atoms with Crippen LogP contribution in [0.1, 0.15) is 41.0 Å². The Hall–Kier alpha value is -4.19. The zero-order chi connectivity index (χ0) is 23.9. The summed E-state index contributed by atoms with van der Waals surface area (Å²) in [6, 6.07) is 22.6. The molecule has 0 spiro atoms. The van der Waals surface area contributed by atoms with Crippen molar-refractivity contribution in [3.8, 4) is 11.6 Å². The lowest BCUT2D eigenvalue weighted by Gasteiger charge is -2.11. The molecule has 0 unspecified atom stereocenters. The van der Waals surface area contributed by atoms with E-state index in [1.807, 2.05) is 86.7 Å². The number of para-hydroxylation sites is 2. The summed E-state index contributed by atoms with van der Waals surface area (Å²) in [4.78, 5) is 21.5. The highest BCUT2D eigenvalue weighted by Crippen LogP contribution is 2.23. The van der Waals surface area contributed by atoms with Crippen molar-refractivity contribution < 1.29 is 19.0 Å². The molecular weight excluding hydrogens is 428 g/mol. The van der Waals surface area contributed by atoms with Gasteiger partial charge in [-0.25, -0.2) is 14.8 Å². The highest BCUT2D eigenvalue weighted by atomic mass is 16.5. The summed E-state index contributed by atoms with van der Waals surface area (Å²) in [6.45, 7) is 3.94. The van der Waals surface area contributed by atoms with Gasteiger partial charge in [-0.15, -0.1) is 0 Å². The topological polar surface area (TPSA) is 70.5 Å². The van der Waals surface area contributed by atoms with Crippen LogP contribution in [0.4, 0.5) is 0 Å². The van der Waals surface area contributed by atoms with Crippen molar-refractivity contribution in [2.24, 2.45) is 0 Å². The number of rotatable bonds is 8. The zero-order valence-corrected chi connectivity index (χ0v) is 19.4. The number of methoxy groups -OCH3 is 1. The van der Waals surface area contributed by atoms with Gasteiger partial charge in [0.2, 0.25) is 5.88 Å². The Bertz CT molecular complexity index is 1300. The van der Waals surface area contributed by atoms with Gasteiger partial charge in [0.25, 0.3) is 0 Å². The third-order valence-electron chi connectivity index (χ3n) is 5.02. The van der Waals surface area contributed by atoms with Crippen molar-refractivity contribution in [1.82, 2.24) is 9.97 Å². The average molecular weight is 455 g/mol. The zero-order valence-electron chi connectivity index (χ0n) is 19.4. The van der Waals surface area contributed by atoms with Gasteiger partial charge in [-0.2, -0.15) is 0 Å². The Labute approximate surface area is 198 Å². The molecule has 1 aromatic heterocycles. The number of hydrogen-bond acceptors (Lipinski definition) is 6. The molecule has 0 fully saturated rings. The van der Waals surface area contributed by atoms with Crippen LogP contribution in [0.15, 0.2) is 72.8 Å². The molecule has 172 valence electrons. The van der Waals surface area contributed by atoms with Gasteiger partial charge >= 0.3 is 5.97 Å². The molecule has 0 aliphatic rings. The number of carbonyl (C=O) groups is 1. The number of hydrogen-bond donors (Lipinski definition) is 0. The first-order chi connectivity index (χ1) is 16.5. The predicted octanol–water partition coefficient (Wildman–Crippen LogP) is 5.95. The van der Waals surface area contributed by atoms with E-state index in [1.54, 1.807) is 19.2 Å². The van der Waals surface area contributed by atoms with Gasteiger partial charge in [-0.1, -0.05) is 42.5 Å². The maximum absolute atomic E-state index is 12.1. The van der Waals surface area contributed by atoms with Crippen molar-refractivity contribution in [2.75, 3.05) is 7.11 Å². The molecule has 0 bridgehead atoms. The van der Waals surface area contributed by atoms with E-state index in [1.165, 1.54) is 0 Å². The molecule has 0 aliphatic heterocycles.